The highest BCUT2D eigenvalue weighted by molar-refractivity contribution is 5.75. The summed E-state index contributed by atoms with van der Waals surface area (Å²) < 4.78 is 5.22. The van der Waals surface area contributed by atoms with Crippen LogP contribution in [0.4, 0.5) is 4.79 Å². The van der Waals surface area contributed by atoms with E-state index >= 15 is 0 Å². The fourth-order valence-corrected chi connectivity index (χ4v) is 5.28. The number of likely N-dealkylation sites (tertiary alicyclic amines) is 1. The Morgan fingerprint density at radius 3 is 2.67 bits per heavy atom. The number of rotatable bonds is 3. The van der Waals surface area contributed by atoms with E-state index in [9.17, 15) is 9.59 Å². The largest absolute Gasteiger partial charge is 0.450 e. The normalized spacial score (nSPS) is 34.7. The SMILES string of the molecule is CCCC1C2CC=CN(C(C)=O)C2C[C@@H]2CN(C(=O)OCC)C[C@@H]12. The third-order valence-electron chi connectivity index (χ3n) is 6.17. The molecule has 0 spiro atoms. The Morgan fingerprint density at radius 1 is 1.21 bits per heavy atom. The molecule has 0 aromatic rings. The first-order chi connectivity index (χ1) is 11.6. The van der Waals surface area contributed by atoms with Gasteiger partial charge in [0.2, 0.25) is 5.91 Å². The molecule has 2 amide bonds. The Hall–Kier alpha value is -1.52. The lowest BCUT2D eigenvalue weighted by molar-refractivity contribution is -0.132. The maximum absolute atomic E-state index is 12.2. The van der Waals surface area contributed by atoms with E-state index in [1.54, 1.807) is 6.92 Å². The van der Waals surface area contributed by atoms with Crippen molar-refractivity contribution in [3.63, 3.8) is 0 Å². The zero-order valence-corrected chi connectivity index (χ0v) is 15.1. The minimum absolute atomic E-state index is 0.134. The lowest BCUT2D eigenvalue weighted by Gasteiger charge is -2.49. The number of nitrogens with zero attached hydrogens (tertiary/aromatic N) is 2. The first-order valence-corrected chi connectivity index (χ1v) is 9.44. The molecule has 0 N–H and O–H groups in total. The number of amides is 2. The summed E-state index contributed by atoms with van der Waals surface area (Å²) in [6.07, 6.45) is 8.36. The van der Waals surface area contributed by atoms with Crippen molar-refractivity contribution in [1.29, 1.82) is 0 Å². The summed E-state index contributed by atoms with van der Waals surface area (Å²) in [5.41, 5.74) is 0. The molecule has 134 valence electrons. The monoisotopic (exact) mass is 334 g/mol. The van der Waals surface area contributed by atoms with Crippen LogP contribution in [0.2, 0.25) is 0 Å². The van der Waals surface area contributed by atoms with Crippen LogP contribution < -0.4 is 0 Å². The van der Waals surface area contributed by atoms with Crippen molar-refractivity contribution >= 4 is 12.0 Å². The van der Waals surface area contributed by atoms with Gasteiger partial charge < -0.3 is 14.5 Å². The number of carbonyl (C=O) groups excluding carboxylic acids is 2. The van der Waals surface area contributed by atoms with Gasteiger partial charge in [0.1, 0.15) is 0 Å². The third-order valence-corrected chi connectivity index (χ3v) is 6.17. The molecule has 2 heterocycles. The fourth-order valence-electron chi connectivity index (χ4n) is 5.28. The molecule has 0 bridgehead atoms. The van der Waals surface area contributed by atoms with Crippen molar-refractivity contribution in [2.75, 3.05) is 19.7 Å². The van der Waals surface area contributed by atoms with Gasteiger partial charge in [0, 0.05) is 32.3 Å². The molecule has 5 heteroatoms. The van der Waals surface area contributed by atoms with Gasteiger partial charge in [-0.1, -0.05) is 25.8 Å². The van der Waals surface area contributed by atoms with E-state index < -0.39 is 0 Å². The molecule has 5 nitrogen and oxygen atoms in total. The molecule has 3 unspecified atom stereocenters. The quantitative estimate of drug-likeness (QED) is 0.796. The summed E-state index contributed by atoms with van der Waals surface area (Å²) in [6, 6.07) is 0.299. The van der Waals surface area contributed by atoms with Crippen LogP contribution in [0, 0.1) is 23.7 Å². The standard InChI is InChI=1S/C19H30N2O3/c1-4-7-15-16-8-6-9-21(13(3)22)18(16)10-14-11-20(12-17(14)15)19(23)24-5-2/h6,9,14-18H,4-5,7-8,10-12H2,1-3H3/t14-,15?,16?,17-,18?/m1/s1. The Labute approximate surface area is 145 Å². The molecular weight excluding hydrogens is 304 g/mol. The number of hydrogen-bond donors (Lipinski definition) is 0. The van der Waals surface area contributed by atoms with Gasteiger partial charge >= 0.3 is 6.09 Å². The highest BCUT2D eigenvalue weighted by atomic mass is 16.6. The number of carbonyl (C=O) groups is 2. The number of ether oxygens (including phenoxy) is 1. The number of hydrogen-bond acceptors (Lipinski definition) is 3. The first kappa shape index (κ1) is 17.3. The van der Waals surface area contributed by atoms with Crippen LogP contribution in [0.15, 0.2) is 12.3 Å². The molecular formula is C19H30N2O3. The summed E-state index contributed by atoms with van der Waals surface area (Å²) in [7, 11) is 0. The Morgan fingerprint density at radius 2 is 2.00 bits per heavy atom. The van der Waals surface area contributed by atoms with Gasteiger partial charge in [0.15, 0.2) is 0 Å². The summed E-state index contributed by atoms with van der Waals surface area (Å²) >= 11 is 0. The van der Waals surface area contributed by atoms with E-state index in [-0.39, 0.29) is 12.0 Å². The minimum atomic E-state index is -0.174. The van der Waals surface area contributed by atoms with E-state index in [1.807, 2.05) is 22.9 Å². The molecule has 2 aliphatic heterocycles. The topological polar surface area (TPSA) is 49.9 Å². The van der Waals surface area contributed by atoms with Gasteiger partial charge in [-0.25, -0.2) is 4.79 Å². The maximum Gasteiger partial charge on any atom is 0.409 e. The average molecular weight is 334 g/mol. The molecule has 1 aliphatic carbocycles. The molecule has 0 aromatic carbocycles. The molecule has 0 aromatic heterocycles. The predicted molar refractivity (Wildman–Crippen MR) is 92.1 cm³/mol. The molecule has 0 radical (unpaired) electrons. The summed E-state index contributed by atoms with van der Waals surface area (Å²) in [5.74, 6) is 2.29. The minimum Gasteiger partial charge on any atom is -0.450 e. The lowest BCUT2D eigenvalue weighted by Crippen LogP contribution is -2.52. The van der Waals surface area contributed by atoms with Crippen LogP contribution in [-0.2, 0) is 9.53 Å². The van der Waals surface area contributed by atoms with E-state index in [0.717, 1.165) is 32.4 Å². The summed E-state index contributed by atoms with van der Waals surface area (Å²) in [6.45, 7) is 7.77. The molecule has 5 atom stereocenters. The van der Waals surface area contributed by atoms with E-state index in [1.165, 1.54) is 6.42 Å². The first-order valence-electron chi connectivity index (χ1n) is 9.44. The van der Waals surface area contributed by atoms with Crippen LogP contribution >= 0.6 is 0 Å². The highest BCUT2D eigenvalue weighted by Crippen LogP contribution is 2.49. The van der Waals surface area contributed by atoms with Gasteiger partial charge in [-0.05, 0) is 43.4 Å². The molecule has 24 heavy (non-hydrogen) atoms. The van der Waals surface area contributed by atoms with Crippen molar-refractivity contribution in [3.05, 3.63) is 12.3 Å². The summed E-state index contributed by atoms with van der Waals surface area (Å²) in [5, 5.41) is 0. The third kappa shape index (κ3) is 3.05. The lowest BCUT2D eigenvalue weighted by atomic mass is 9.62. The second-order valence-corrected chi connectivity index (χ2v) is 7.49. The molecule has 3 rings (SSSR count). The predicted octanol–water partition coefficient (Wildman–Crippen LogP) is 3.26. The van der Waals surface area contributed by atoms with Gasteiger partial charge in [-0.15, -0.1) is 0 Å². The van der Waals surface area contributed by atoms with Crippen LogP contribution in [0.25, 0.3) is 0 Å². The summed E-state index contributed by atoms with van der Waals surface area (Å²) in [4.78, 5) is 28.1. The van der Waals surface area contributed by atoms with Crippen LogP contribution in [0.3, 0.4) is 0 Å². The number of allylic oxidation sites excluding steroid dienone is 1. The average Bonchev–Trinajstić information content (AvgIpc) is 2.98. The van der Waals surface area contributed by atoms with E-state index in [0.29, 0.717) is 36.3 Å². The van der Waals surface area contributed by atoms with Gasteiger partial charge in [0.05, 0.1) is 6.61 Å². The van der Waals surface area contributed by atoms with Gasteiger partial charge in [-0.2, -0.15) is 0 Å². The van der Waals surface area contributed by atoms with Crippen molar-refractivity contribution in [1.82, 2.24) is 9.80 Å². The second-order valence-electron chi connectivity index (χ2n) is 7.49. The van der Waals surface area contributed by atoms with Crippen molar-refractivity contribution < 1.29 is 14.3 Å². The van der Waals surface area contributed by atoms with Crippen molar-refractivity contribution in [2.24, 2.45) is 23.7 Å². The van der Waals surface area contributed by atoms with E-state index in [2.05, 4.69) is 13.0 Å². The zero-order chi connectivity index (χ0) is 17.3. The Bertz CT molecular complexity index is 519. The molecule has 2 fully saturated rings. The van der Waals surface area contributed by atoms with Gasteiger partial charge in [0.25, 0.3) is 0 Å². The zero-order valence-electron chi connectivity index (χ0n) is 15.1. The van der Waals surface area contributed by atoms with Crippen LogP contribution in [-0.4, -0.2) is 47.5 Å². The maximum atomic E-state index is 12.2. The second kappa shape index (κ2) is 7.16. The van der Waals surface area contributed by atoms with Crippen molar-refractivity contribution in [3.8, 4) is 0 Å². The van der Waals surface area contributed by atoms with Crippen LogP contribution in [0.5, 0.6) is 0 Å². The Kier molecular flexibility index (Phi) is 5.16. The highest BCUT2D eigenvalue weighted by Gasteiger charge is 2.51. The molecule has 1 saturated heterocycles. The molecule has 1 saturated carbocycles. The van der Waals surface area contributed by atoms with Crippen LogP contribution in [0.1, 0.15) is 46.5 Å². The van der Waals surface area contributed by atoms with Gasteiger partial charge in [-0.3, -0.25) is 4.79 Å². The number of fused-ring (bicyclic) bond motifs is 2. The fraction of sp³-hybridized carbons (Fsp3) is 0.789. The van der Waals surface area contributed by atoms with E-state index in [4.69, 9.17) is 4.74 Å². The smallest absolute Gasteiger partial charge is 0.409 e. The molecule has 3 aliphatic rings. The Balaban J connectivity index is 1.82. The van der Waals surface area contributed by atoms with Crippen molar-refractivity contribution in [2.45, 2.75) is 52.5 Å².